The largest absolute Gasteiger partial charge is 0.397 e. The van der Waals surface area contributed by atoms with E-state index in [0.717, 1.165) is 11.3 Å². The molecular weight excluding hydrogens is 227 g/mol. The van der Waals surface area contributed by atoms with Gasteiger partial charge in [-0.1, -0.05) is 17.7 Å². The minimum Gasteiger partial charge on any atom is -0.397 e. The van der Waals surface area contributed by atoms with Crippen molar-refractivity contribution in [3.63, 3.8) is 0 Å². The first-order valence-electron chi connectivity index (χ1n) is 5.85. The van der Waals surface area contributed by atoms with Gasteiger partial charge in [-0.05, 0) is 43.7 Å². The maximum Gasteiger partial charge on any atom is 0.125 e. The maximum atomic E-state index is 13.3. The number of aryl methyl sites for hydroxylation is 2. The lowest BCUT2D eigenvalue weighted by Gasteiger charge is -2.23. The molecule has 0 aliphatic rings. The summed E-state index contributed by atoms with van der Waals surface area (Å²) in [5.74, 6) is -0.282. The number of benzene rings is 2. The van der Waals surface area contributed by atoms with Crippen LogP contribution in [0.5, 0.6) is 0 Å². The van der Waals surface area contributed by atoms with Crippen LogP contribution in [0.2, 0.25) is 0 Å². The molecule has 0 unspecified atom stereocenters. The molecule has 18 heavy (non-hydrogen) atoms. The molecule has 3 heteroatoms. The van der Waals surface area contributed by atoms with Gasteiger partial charge >= 0.3 is 0 Å². The summed E-state index contributed by atoms with van der Waals surface area (Å²) in [5, 5.41) is 0. The number of nitrogen functional groups attached to an aromatic ring is 1. The molecule has 2 N–H and O–H groups in total. The summed E-state index contributed by atoms with van der Waals surface area (Å²) in [6.45, 7) is 4.08. The van der Waals surface area contributed by atoms with Gasteiger partial charge in [0.15, 0.2) is 0 Å². The first-order chi connectivity index (χ1) is 8.49. The highest BCUT2D eigenvalue weighted by Gasteiger charge is 2.10. The molecule has 0 saturated carbocycles. The Balaban J connectivity index is 2.47. The van der Waals surface area contributed by atoms with Crippen molar-refractivity contribution in [3.05, 3.63) is 53.3 Å². The molecule has 0 heterocycles. The number of rotatable bonds is 2. The van der Waals surface area contributed by atoms with Gasteiger partial charge in [0.05, 0.1) is 11.4 Å². The van der Waals surface area contributed by atoms with Crippen LogP contribution in [0.4, 0.5) is 21.5 Å². The van der Waals surface area contributed by atoms with Gasteiger partial charge in [-0.3, -0.25) is 0 Å². The first-order valence-corrected chi connectivity index (χ1v) is 5.85. The number of nitrogens with zero attached hydrogens (tertiary/aromatic N) is 1. The molecule has 0 fully saturated rings. The molecule has 0 aliphatic heterocycles. The van der Waals surface area contributed by atoms with Crippen LogP contribution in [0.1, 0.15) is 11.1 Å². The fourth-order valence-corrected chi connectivity index (χ4v) is 2.12. The van der Waals surface area contributed by atoms with Gasteiger partial charge in [-0.25, -0.2) is 4.39 Å². The second-order valence-corrected chi connectivity index (χ2v) is 4.55. The molecule has 0 amide bonds. The van der Waals surface area contributed by atoms with E-state index in [-0.39, 0.29) is 5.82 Å². The third-order valence-electron chi connectivity index (χ3n) is 3.07. The first kappa shape index (κ1) is 12.4. The average Bonchev–Trinajstić information content (AvgIpc) is 2.31. The Morgan fingerprint density at radius 2 is 1.72 bits per heavy atom. The zero-order chi connectivity index (χ0) is 13.3. The lowest BCUT2D eigenvalue weighted by Crippen LogP contribution is -2.13. The summed E-state index contributed by atoms with van der Waals surface area (Å²) in [6, 6.07) is 10.6. The number of anilines is 3. The Morgan fingerprint density at radius 1 is 1.00 bits per heavy atom. The van der Waals surface area contributed by atoms with Gasteiger partial charge in [-0.15, -0.1) is 0 Å². The van der Waals surface area contributed by atoms with Crippen LogP contribution in [0.25, 0.3) is 0 Å². The Labute approximate surface area is 107 Å². The standard InChI is InChI=1S/C15H17FN2/c1-10-4-7-14(11(2)8-10)18(3)15-9-12(16)5-6-13(15)17/h4-9H,17H2,1-3H3. The van der Waals surface area contributed by atoms with Crippen LogP contribution in [0, 0.1) is 19.7 Å². The van der Waals surface area contributed by atoms with Crippen molar-refractivity contribution in [1.82, 2.24) is 0 Å². The highest BCUT2D eigenvalue weighted by Crippen LogP contribution is 2.31. The van der Waals surface area contributed by atoms with Crippen LogP contribution >= 0.6 is 0 Å². The summed E-state index contributed by atoms with van der Waals surface area (Å²) in [4.78, 5) is 1.91. The van der Waals surface area contributed by atoms with E-state index in [1.807, 2.05) is 37.9 Å². The van der Waals surface area contributed by atoms with Crippen molar-refractivity contribution in [2.45, 2.75) is 13.8 Å². The quantitative estimate of drug-likeness (QED) is 0.814. The third kappa shape index (κ3) is 2.30. The van der Waals surface area contributed by atoms with Crippen molar-refractivity contribution >= 4 is 17.1 Å². The number of hydrogen-bond donors (Lipinski definition) is 1. The molecule has 0 atom stereocenters. The van der Waals surface area contributed by atoms with Crippen LogP contribution in [0.3, 0.4) is 0 Å². The monoisotopic (exact) mass is 244 g/mol. The van der Waals surface area contributed by atoms with Gasteiger partial charge in [0.1, 0.15) is 5.82 Å². The van der Waals surface area contributed by atoms with Crippen LogP contribution in [-0.4, -0.2) is 7.05 Å². The molecule has 0 aliphatic carbocycles. The van der Waals surface area contributed by atoms with Gasteiger partial charge in [-0.2, -0.15) is 0 Å². The molecule has 2 nitrogen and oxygen atoms in total. The maximum absolute atomic E-state index is 13.3. The van der Waals surface area contributed by atoms with Gasteiger partial charge < -0.3 is 10.6 Å². The van der Waals surface area contributed by atoms with Crippen LogP contribution in [-0.2, 0) is 0 Å². The molecule has 0 bridgehead atoms. The van der Waals surface area contributed by atoms with Crippen molar-refractivity contribution in [3.8, 4) is 0 Å². The Bertz CT molecular complexity index is 579. The minimum absolute atomic E-state index is 0.282. The third-order valence-corrected chi connectivity index (χ3v) is 3.07. The lowest BCUT2D eigenvalue weighted by molar-refractivity contribution is 0.628. The molecule has 0 radical (unpaired) electrons. The highest BCUT2D eigenvalue weighted by molar-refractivity contribution is 5.75. The van der Waals surface area contributed by atoms with E-state index in [1.165, 1.54) is 17.7 Å². The molecule has 2 aromatic carbocycles. The number of hydrogen-bond acceptors (Lipinski definition) is 2. The molecule has 0 spiro atoms. The molecule has 2 rings (SSSR count). The fraction of sp³-hybridized carbons (Fsp3) is 0.200. The topological polar surface area (TPSA) is 29.3 Å². The molecule has 2 aromatic rings. The van der Waals surface area contributed by atoms with Crippen molar-refractivity contribution in [1.29, 1.82) is 0 Å². The summed E-state index contributed by atoms with van der Waals surface area (Å²) >= 11 is 0. The molecule has 94 valence electrons. The lowest BCUT2D eigenvalue weighted by atomic mass is 10.1. The predicted octanol–water partition coefficient (Wildman–Crippen LogP) is 3.79. The second kappa shape index (κ2) is 4.69. The predicted molar refractivity (Wildman–Crippen MR) is 74.8 cm³/mol. The summed E-state index contributed by atoms with van der Waals surface area (Å²) in [6.07, 6.45) is 0. The summed E-state index contributed by atoms with van der Waals surface area (Å²) < 4.78 is 13.3. The van der Waals surface area contributed by atoms with Gasteiger partial charge in [0.2, 0.25) is 0 Å². The second-order valence-electron chi connectivity index (χ2n) is 4.55. The Kier molecular flexibility index (Phi) is 3.24. The van der Waals surface area contributed by atoms with E-state index in [4.69, 9.17) is 5.73 Å². The zero-order valence-electron chi connectivity index (χ0n) is 10.9. The number of halogens is 1. The number of nitrogens with two attached hydrogens (primary N) is 1. The van der Waals surface area contributed by atoms with E-state index in [1.54, 1.807) is 6.07 Å². The van der Waals surface area contributed by atoms with E-state index < -0.39 is 0 Å². The van der Waals surface area contributed by atoms with Crippen molar-refractivity contribution < 1.29 is 4.39 Å². The summed E-state index contributed by atoms with van der Waals surface area (Å²) in [7, 11) is 1.89. The molecular formula is C15H17FN2. The van der Waals surface area contributed by atoms with Gasteiger partial charge in [0, 0.05) is 12.7 Å². The van der Waals surface area contributed by atoms with E-state index in [9.17, 15) is 4.39 Å². The SMILES string of the molecule is Cc1ccc(N(C)c2cc(F)ccc2N)c(C)c1. The smallest absolute Gasteiger partial charge is 0.125 e. The summed E-state index contributed by atoms with van der Waals surface area (Å²) in [5.41, 5.74) is 10.5. The van der Waals surface area contributed by atoms with Crippen LogP contribution in [0.15, 0.2) is 36.4 Å². The molecule has 0 aromatic heterocycles. The Hall–Kier alpha value is -2.03. The van der Waals surface area contributed by atoms with Gasteiger partial charge in [0.25, 0.3) is 0 Å². The van der Waals surface area contributed by atoms with E-state index in [0.29, 0.717) is 11.4 Å². The van der Waals surface area contributed by atoms with E-state index >= 15 is 0 Å². The zero-order valence-corrected chi connectivity index (χ0v) is 10.9. The molecule has 0 saturated heterocycles. The Morgan fingerprint density at radius 3 is 2.39 bits per heavy atom. The van der Waals surface area contributed by atoms with Crippen molar-refractivity contribution in [2.24, 2.45) is 0 Å². The average molecular weight is 244 g/mol. The fourth-order valence-electron chi connectivity index (χ4n) is 2.12. The highest BCUT2D eigenvalue weighted by atomic mass is 19.1. The minimum atomic E-state index is -0.282. The normalized spacial score (nSPS) is 10.4. The van der Waals surface area contributed by atoms with E-state index in [2.05, 4.69) is 6.07 Å². The van der Waals surface area contributed by atoms with Crippen molar-refractivity contribution in [2.75, 3.05) is 17.7 Å². The van der Waals surface area contributed by atoms with Crippen LogP contribution < -0.4 is 10.6 Å².